The summed E-state index contributed by atoms with van der Waals surface area (Å²) in [4.78, 5) is 0. The van der Waals surface area contributed by atoms with Crippen molar-refractivity contribution in [3.63, 3.8) is 0 Å². The Bertz CT molecular complexity index is 648. The van der Waals surface area contributed by atoms with Gasteiger partial charge in [0.15, 0.2) is 0 Å². The SMILES string of the molecule is N#Cc1ccc(C(C#N)Cc2cccc(Cl)c2)cc1. The van der Waals surface area contributed by atoms with Crippen molar-refractivity contribution in [3.8, 4) is 12.1 Å². The summed E-state index contributed by atoms with van der Waals surface area (Å²) in [6.45, 7) is 0. The van der Waals surface area contributed by atoms with E-state index in [1.165, 1.54) is 0 Å². The fourth-order valence-corrected chi connectivity index (χ4v) is 2.14. The summed E-state index contributed by atoms with van der Waals surface area (Å²) < 4.78 is 0. The van der Waals surface area contributed by atoms with Gasteiger partial charge in [-0.2, -0.15) is 10.5 Å². The number of hydrogen-bond donors (Lipinski definition) is 0. The third-order valence-electron chi connectivity index (χ3n) is 2.93. The van der Waals surface area contributed by atoms with Gasteiger partial charge in [0, 0.05) is 5.02 Å². The van der Waals surface area contributed by atoms with Gasteiger partial charge < -0.3 is 0 Å². The minimum Gasteiger partial charge on any atom is -0.198 e. The summed E-state index contributed by atoms with van der Waals surface area (Å²) in [5.41, 5.74) is 2.55. The summed E-state index contributed by atoms with van der Waals surface area (Å²) in [6.07, 6.45) is 0.614. The van der Waals surface area contributed by atoms with Crippen molar-refractivity contribution in [2.75, 3.05) is 0 Å². The largest absolute Gasteiger partial charge is 0.198 e. The summed E-state index contributed by atoms with van der Waals surface area (Å²) in [7, 11) is 0. The van der Waals surface area contributed by atoms with E-state index in [9.17, 15) is 5.26 Å². The lowest BCUT2D eigenvalue weighted by Crippen LogP contribution is -2.00. The van der Waals surface area contributed by atoms with Crippen LogP contribution in [0, 0.1) is 22.7 Å². The van der Waals surface area contributed by atoms with E-state index < -0.39 is 0 Å². The Morgan fingerprint density at radius 2 is 1.79 bits per heavy atom. The third-order valence-corrected chi connectivity index (χ3v) is 3.16. The molecule has 0 aliphatic rings. The molecule has 2 rings (SSSR count). The molecule has 0 bridgehead atoms. The Balaban J connectivity index is 2.21. The van der Waals surface area contributed by atoms with E-state index >= 15 is 0 Å². The fraction of sp³-hybridized carbons (Fsp3) is 0.125. The molecule has 19 heavy (non-hydrogen) atoms. The van der Waals surface area contributed by atoms with Crippen molar-refractivity contribution in [2.24, 2.45) is 0 Å². The van der Waals surface area contributed by atoms with Crippen LogP contribution in [0.2, 0.25) is 5.02 Å². The molecule has 0 spiro atoms. The highest BCUT2D eigenvalue weighted by Gasteiger charge is 2.11. The zero-order valence-corrected chi connectivity index (χ0v) is 10.9. The van der Waals surface area contributed by atoms with Gasteiger partial charge in [-0.1, -0.05) is 35.9 Å². The molecule has 2 aromatic carbocycles. The second-order valence-corrected chi connectivity index (χ2v) is 4.69. The first-order valence-corrected chi connectivity index (χ1v) is 6.25. The number of nitriles is 2. The van der Waals surface area contributed by atoms with Crippen LogP contribution in [0.25, 0.3) is 0 Å². The predicted octanol–water partition coefficient (Wildman–Crippen LogP) is 4.06. The van der Waals surface area contributed by atoms with Crippen LogP contribution in [0.15, 0.2) is 48.5 Å². The molecule has 0 fully saturated rings. The van der Waals surface area contributed by atoms with E-state index in [1.807, 2.05) is 36.4 Å². The van der Waals surface area contributed by atoms with Crippen LogP contribution in [0.1, 0.15) is 22.6 Å². The van der Waals surface area contributed by atoms with Crippen molar-refractivity contribution in [1.29, 1.82) is 10.5 Å². The zero-order chi connectivity index (χ0) is 13.7. The smallest absolute Gasteiger partial charge is 0.0991 e. The molecule has 0 aliphatic heterocycles. The lowest BCUT2D eigenvalue weighted by molar-refractivity contribution is 0.849. The van der Waals surface area contributed by atoms with Crippen LogP contribution in [-0.4, -0.2) is 0 Å². The van der Waals surface area contributed by atoms with E-state index in [-0.39, 0.29) is 5.92 Å². The second kappa shape index (κ2) is 6.05. The van der Waals surface area contributed by atoms with Crippen molar-refractivity contribution in [1.82, 2.24) is 0 Å². The van der Waals surface area contributed by atoms with Gasteiger partial charge in [0.05, 0.1) is 23.6 Å². The monoisotopic (exact) mass is 266 g/mol. The van der Waals surface area contributed by atoms with Crippen LogP contribution in [-0.2, 0) is 6.42 Å². The van der Waals surface area contributed by atoms with Gasteiger partial charge in [-0.05, 0) is 41.8 Å². The Kier molecular flexibility index (Phi) is 4.18. The van der Waals surface area contributed by atoms with Gasteiger partial charge in [-0.15, -0.1) is 0 Å². The second-order valence-electron chi connectivity index (χ2n) is 4.25. The standard InChI is InChI=1S/C16H11ClN2/c17-16-3-1-2-13(9-16)8-15(11-19)14-6-4-12(10-18)5-7-14/h1-7,9,15H,8H2. The maximum absolute atomic E-state index is 9.29. The van der Waals surface area contributed by atoms with Gasteiger partial charge in [-0.3, -0.25) is 0 Å². The Morgan fingerprint density at radius 1 is 1.05 bits per heavy atom. The molecule has 1 unspecified atom stereocenters. The molecule has 0 amide bonds. The molecular formula is C16H11ClN2. The highest BCUT2D eigenvalue weighted by Crippen LogP contribution is 2.22. The van der Waals surface area contributed by atoms with Gasteiger partial charge >= 0.3 is 0 Å². The third kappa shape index (κ3) is 3.35. The molecular weight excluding hydrogens is 256 g/mol. The maximum Gasteiger partial charge on any atom is 0.0991 e. The van der Waals surface area contributed by atoms with E-state index in [0.29, 0.717) is 17.0 Å². The van der Waals surface area contributed by atoms with E-state index in [2.05, 4.69) is 12.1 Å². The average Bonchev–Trinajstić information content (AvgIpc) is 2.45. The molecule has 92 valence electrons. The summed E-state index contributed by atoms with van der Waals surface area (Å²) in [6, 6.07) is 19.0. The van der Waals surface area contributed by atoms with Crippen LogP contribution in [0.3, 0.4) is 0 Å². The fourth-order valence-electron chi connectivity index (χ4n) is 1.93. The molecule has 2 aromatic rings. The molecule has 0 N–H and O–H groups in total. The number of benzene rings is 2. The Hall–Kier alpha value is -2.29. The van der Waals surface area contributed by atoms with E-state index in [4.69, 9.17) is 16.9 Å². The minimum atomic E-state index is -0.230. The molecule has 2 nitrogen and oxygen atoms in total. The first-order valence-electron chi connectivity index (χ1n) is 5.87. The van der Waals surface area contributed by atoms with Gasteiger partial charge in [0.2, 0.25) is 0 Å². The topological polar surface area (TPSA) is 47.6 Å². The predicted molar refractivity (Wildman–Crippen MR) is 74.7 cm³/mol. The van der Waals surface area contributed by atoms with Crippen molar-refractivity contribution >= 4 is 11.6 Å². The number of halogens is 1. The molecule has 0 radical (unpaired) electrons. The molecule has 1 atom stereocenters. The van der Waals surface area contributed by atoms with Crippen LogP contribution in [0.4, 0.5) is 0 Å². The lowest BCUT2D eigenvalue weighted by Gasteiger charge is -2.10. The number of hydrogen-bond acceptors (Lipinski definition) is 2. The highest BCUT2D eigenvalue weighted by atomic mass is 35.5. The first-order chi connectivity index (χ1) is 9.22. The van der Waals surface area contributed by atoms with Crippen molar-refractivity contribution in [2.45, 2.75) is 12.3 Å². The van der Waals surface area contributed by atoms with E-state index in [0.717, 1.165) is 11.1 Å². The highest BCUT2D eigenvalue weighted by molar-refractivity contribution is 6.30. The number of nitrogens with zero attached hydrogens (tertiary/aromatic N) is 2. The molecule has 0 aromatic heterocycles. The summed E-state index contributed by atoms with van der Waals surface area (Å²) in [5.74, 6) is -0.230. The molecule has 0 heterocycles. The normalized spacial score (nSPS) is 11.3. The van der Waals surface area contributed by atoms with Crippen LogP contribution < -0.4 is 0 Å². The Labute approximate surface area is 117 Å². The molecule has 3 heteroatoms. The average molecular weight is 267 g/mol. The number of rotatable bonds is 3. The van der Waals surface area contributed by atoms with Crippen molar-refractivity contribution in [3.05, 3.63) is 70.2 Å². The quantitative estimate of drug-likeness (QED) is 0.841. The van der Waals surface area contributed by atoms with Gasteiger partial charge in [0.1, 0.15) is 0 Å². The maximum atomic E-state index is 9.29. The zero-order valence-electron chi connectivity index (χ0n) is 10.2. The van der Waals surface area contributed by atoms with Crippen molar-refractivity contribution < 1.29 is 0 Å². The summed E-state index contributed by atoms with van der Waals surface area (Å²) in [5, 5.41) is 18.7. The van der Waals surface area contributed by atoms with Gasteiger partial charge in [-0.25, -0.2) is 0 Å². The molecule has 0 saturated carbocycles. The van der Waals surface area contributed by atoms with Crippen LogP contribution in [0.5, 0.6) is 0 Å². The first kappa shape index (κ1) is 13.1. The Morgan fingerprint density at radius 3 is 2.37 bits per heavy atom. The lowest BCUT2D eigenvalue weighted by atomic mass is 9.93. The summed E-state index contributed by atoms with van der Waals surface area (Å²) >= 11 is 5.94. The minimum absolute atomic E-state index is 0.230. The molecule has 0 aliphatic carbocycles. The van der Waals surface area contributed by atoms with E-state index in [1.54, 1.807) is 12.1 Å². The van der Waals surface area contributed by atoms with Gasteiger partial charge in [0.25, 0.3) is 0 Å². The molecule has 0 saturated heterocycles. The van der Waals surface area contributed by atoms with Crippen LogP contribution >= 0.6 is 11.6 Å².